The highest BCUT2D eigenvalue weighted by Gasteiger charge is 2.25. The SMILES string of the molecule is C1=CC1P1C=P1. The molecule has 0 fully saturated rings. The molecule has 0 spiro atoms. The summed E-state index contributed by atoms with van der Waals surface area (Å²) in [5.74, 6) is 0. The summed E-state index contributed by atoms with van der Waals surface area (Å²) < 4.78 is 0. The average molecular weight is 114 g/mol. The summed E-state index contributed by atoms with van der Waals surface area (Å²) in [6.45, 7) is 0. The van der Waals surface area contributed by atoms with E-state index in [1.54, 1.807) is 7.89 Å². The van der Waals surface area contributed by atoms with Crippen molar-refractivity contribution in [2.45, 2.75) is 5.66 Å². The Bertz CT molecular complexity index is 97.5. The summed E-state index contributed by atoms with van der Waals surface area (Å²) in [6.07, 6.45) is 4.59. The van der Waals surface area contributed by atoms with E-state index in [-0.39, 0.29) is 0 Å². The minimum Gasteiger partial charge on any atom is -0.0755 e. The molecule has 6 heavy (non-hydrogen) atoms. The largest absolute Gasteiger partial charge is 0.0755 e. The topological polar surface area (TPSA) is 0 Å². The van der Waals surface area contributed by atoms with Crippen molar-refractivity contribution in [3.63, 3.8) is 0 Å². The second-order valence-electron chi connectivity index (χ2n) is 1.49. The molecule has 1 unspecified atom stereocenters. The average Bonchev–Trinajstić information content (AvgIpc) is 2.26. The van der Waals surface area contributed by atoms with Crippen LogP contribution in [0.2, 0.25) is 0 Å². The Morgan fingerprint density at radius 2 is 2.17 bits per heavy atom. The summed E-state index contributed by atoms with van der Waals surface area (Å²) in [5.41, 5.74) is 3.36. The second-order valence-corrected chi connectivity index (χ2v) is 6.08. The van der Waals surface area contributed by atoms with Gasteiger partial charge >= 0.3 is 0 Å². The van der Waals surface area contributed by atoms with Crippen LogP contribution in [0.4, 0.5) is 0 Å². The predicted molar refractivity (Wildman–Crippen MR) is 32.8 cm³/mol. The van der Waals surface area contributed by atoms with Gasteiger partial charge in [0.2, 0.25) is 0 Å². The van der Waals surface area contributed by atoms with Crippen LogP contribution in [0.15, 0.2) is 12.2 Å². The first-order chi connectivity index (χ1) is 2.97. The van der Waals surface area contributed by atoms with Crippen molar-refractivity contribution in [2.24, 2.45) is 0 Å². The number of allylic oxidation sites excluding steroid dienone is 2. The molecule has 0 saturated heterocycles. The van der Waals surface area contributed by atoms with Crippen molar-refractivity contribution in [3.8, 4) is 0 Å². The molecule has 0 aromatic carbocycles. The fraction of sp³-hybridized carbons (Fsp3) is 0.250. The van der Waals surface area contributed by atoms with Gasteiger partial charge in [0, 0.05) is 5.66 Å². The quantitative estimate of drug-likeness (QED) is 0.361. The normalized spacial score (nSPS) is 40.3. The standard InChI is InChI=1S/C4H4P2/c1-2-4(1)6-3-5-6/h1-4H. The summed E-state index contributed by atoms with van der Waals surface area (Å²) >= 11 is 0. The molecule has 30 valence electrons. The van der Waals surface area contributed by atoms with Gasteiger partial charge in [-0.1, -0.05) is 20.0 Å². The highest BCUT2D eigenvalue weighted by molar-refractivity contribution is 8.45. The van der Waals surface area contributed by atoms with Crippen LogP contribution in [0.1, 0.15) is 0 Å². The third-order valence-corrected chi connectivity index (χ3v) is 4.66. The molecule has 1 aliphatic heterocycles. The van der Waals surface area contributed by atoms with E-state index < -0.39 is 0 Å². The van der Waals surface area contributed by atoms with E-state index in [0.29, 0.717) is 7.61 Å². The lowest BCUT2D eigenvalue weighted by atomic mass is 10.9. The molecule has 1 atom stereocenters. The summed E-state index contributed by atoms with van der Waals surface area (Å²) in [4.78, 5) is 0. The van der Waals surface area contributed by atoms with Crippen molar-refractivity contribution < 1.29 is 0 Å². The van der Waals surface area contributed by atoms with E-state index in [1.165, 1.54) is 0 Å². The van der Waals surface area contributed by atoms with Crippen molar-refractivity contribution in [1.82, 2.24) is 0 Å². The Labute approximate surface area is 39.7 Å². The van der Waals surface area contributed by atoms with Crippen molar-refractivity contribution in [3.05, 3.63) is 12.2 Å². The molecular weight excluding hydrogens is 110 g/mol. The summed E-state index contributed by atoms with van der Waals surface area (Å²) in [6, 6.07) is 0. The van der Waals surface area contributed by atoms with Crippen LogP contribution >= 0.6 is 15.5 Å². The van der Waals surface area contributed by atoms with Gasteiger partial charge in [0.1, 0.15) is 0 Å². The van der Waals surface area contributed by atoms with Gasteiger partial charge in [0.05, 0.1) is 0 Å². The molecular formula is C4H4P2. The number of hydrogen-bond acceptors (Lipinski definition) is 0. The molecule has 2 heteroatoms. The summed E-state index contributed by atoms with van der Waals surface area (Å²) in [7, 11) is 2.07. The summed E-state index contributed by atoms with van der Waals surface area (Å²) in [5, 5.41) is 0. The Balaban J connectivity index is 1.97. The minimum absolute atomic E-state index is 0.438. The molecule has 1 aliphatic carbocycles. The maximum absolute atomic E-state index is 2.40. The molecule has 0 N–H and O–H groups in total. The molecule has 2 aliphatic rings. The third kappa shape index (κ3) is 0.453. The maximum Gasteiger partial charge on any atom is 0.0266 e. The van der Waals surface area contributed by atoms with E-state index >= 15 is 0 Å². The number of hydrogen-bond donors (Lipinski definition) is 0. The lowest BCUT2D eigenvalue weighted by Crippen LogP contribution is -1.62. The first-order valence-corrected chi connectivity index (χ1v) is 5.12. The highest BCUT2D eigenvalue weighted by atomic mass is 32.1. The van der Waals surface area contributed by atoms with E-state index in [2.05, 4.69) is 17.7 Å². The van der Waals surface area contributed by atoms with Crippen LogP contribution in [0, 0.1) is 0 Å². The van der Waals surface area contributed by atoms with Gasteiger partial charge in [-0.3, -0.25) is 0 Å². The molecule has 1 heterocycles. The molecule has 0 radical (unpaired) electrons. The lowest BCUT2D eigenvalue weighted by Gasteiger charge is -1.81. The molecule has 0 amide bonds. The Kier molecular flexibility index (Phi) is 0.526. The van der Waals surface area contributed by atoms with Gasteiger partial charge in [-0.05, 0) is 13.1 Å². The molecule has 0 nitrogen and oxygen atoms in total. The van der Waals surface area contributed by atoms with Crippen LogP contribution in [0.25, 0.3) is 0 Å². The van der Waals surface area contributed by atoms with E-state index in [1.807, 2.05) is 0 Å². The smallest absolute Gasteiger partial charge is 0.0266 e. The van der Waals surface area contributed by atoms with Crippen molar-refractivity contribution in [1.29, 1.82) is 0 Å². The maximum atomic E-state index is 2.40. The second kappa shape index (κ2) is 0.941. The van der Waals surface area contributed by atoms with Gasteiger partial charge in [-0.15, -0.1) is 0 Å². The fourth-order valence-electron chi connectivity index (χ4n) is 0.410. The monoisotopic (exact) mass is 114 g/mol. The van der Waals surface area contributed by atoms with Gasteiger partial charge in [0.15, 0.2) is 0 Å². The first kappa shape index (κ1) is 3.36. The van der Waals surface area contributed by atoms with E-state index in [0.717, 1.165) is 5.66 Å². The first-order valence-electron chi connectivity index (χ1n) is 1.97. The Hall–Kier alpha value is 0.340. The fourth-order valence-corrected chi connectivity index (χ4v) is 3.33. The third-order valence-electron chi connectivity index (χ3n) is 0.919. The van der Waals surface area contributed by atoms with Crippen LogP contribution in [0.5, 0.6) is 0 Å². The highest BCUT2D eigenvalue weighted by Crippen LogP contribution is 2.69. The molecule has 2 rings (SSSR count). The van der Waals surface area contributed by atoms with Crippen LogP contribution in [-0.4, -0.2) is 11.2 Å². The van der Waals surface area contributed by atoms with Crippen LogP contribution in [0.3, 0.4) is 0 Å². The Morgan fingerprint density at radius 1 is 1.50 bits per heavy atom. The van der Waals surface area contributed by atoms with E-state index in [9.17, 15) is 0 Å². The van der Waals surface area contributed by atoms with E-state index in [4.69, 9.17) is 0 Å². The Morgan fingerprint density at radius 3 is 2.33 bits per heavy atom. The molecule has 0 saturated carbocycles. The molecule has 0 aromatic rings. The molecule has 0 aromatic heterocycles. The zero-order valence-corrected chi connectivity index (χ0v) is 4.99. The van der Waals surface area contributed by atoms with Gasteiger partial charge < -0.3 is 0 Å². The van der Waals surface area contributed by atoms with Crippen molar-refractivity contribution in [2.75, 3.05) is 0 Å². The minimum atomic E-state index is 0.438. The lowest BCUT2D eigenvalue weighted by molar-refractivity contribution is 1.72. The zero-order valence-electron chi connectivity index (χ0n) is 3.20. The zero-order chi connectivity index (χ0) is 3.98. The van der Waals surface area contributed by atoms with Gasteiger partial charge in [-0.25, -0.2) is 0 Å². The number of rotatable bonds is 1. The van der Waals surface area contributed by atoms with Gasteiger partial charge in [-0.2, -0.15) is 0 Å². The van der Waals surface area contributed by atoms with Crippen LogP contribution < -0.4 is 0 Å². The van der Waals surface area contributed by atoms with Gasteiger partial charge in [0.25, 0.3) is 0 Å². The predicted octanol–water partition coefficient (Wildman–Crippen LogP) is 2.04. The van der Waals surface area contributed by atoms with Crippen LogP contribution in [-0.2, 0) is 0 Å². The van der Waals surface area contributed by atoms with Crippen molar-refractivity contribution >= 4 is 21.0 Å². The molecule has 0 bridgehead atoms.